The molecule has 0 aromatic heterocycles. The van der Waals surface area contributed by atoms with Gasteiger partial charge in [-0.05, 0) is 29.5 Å². The summed E-state index contributed by atoms with van der Waals surface area (Å²) in [7, 11) is 1.37. The van der Waals surface area contributed by atoms with Gasteiger partial charge in [-0.25, -0.2) is 4.79 Å². The highest BCUT2D eigenvalue weighted by molar-refractivity contribution is 6.32. The molecule has 24 heavy (non-hydrogen) atoms. The van der Waals surface area contributed by atoms with Crippen molar-refractivity contribution in [3.8, 4) is 5.75 Å². The summed E-state index contributed by atoms with van der Waals surface area (Å²) in [6.07, 6.45) is -5.58. The van der Waals surface area contributed by atoms with E-state index < -0.39 is 29.6 Å². The largest absolute Gasteiger partial charge is 0.495 e. The van der Waals surface area contributed by atoms with Crippen LogP contribution in [0.15, 0.2) is 18.2 Å². The molecule has 2 N–H and O–H groups in total. The van der Waals surface area contributed by atoms with Crippen molar-refractivity contribution in [3.63, 3.8) is 0 Å². The van der Waals surface area contributed by atoms with Crippen molar-refractivity contribution in [2.75, 3.05) is 7.11 Å². The van der Waals surface area contributed by atoms with E-state index in [1.807, 2.05) is 0 Å². The summed E-state index contributed by atoms with van der Waals surface area (Å²) in [6, 6.07) is 4.45. The van der Waals surface area contributed by atoms with Crippen LogP contribution in [-0.2, 0) is 10.2 Å². The molecule has 1 aromatic rings. The van der Waals surface area contributed by atoms with Crippen molar-refractivity contribution < 1.29 is 32.9 Å². The van der Waals surface area contributed by atoms with E-state index in [2.05, 4.69) is 0 Å². The second kappa shape index (κ2) is 7.19. The Bertz CT molecular complexity index is 605. The Hall–Kier alpha value is -1.47. The summed E-state index contributed by atoms with van der Waals surface area (Å²) in [4.78, 5) is 11.1. The molecule has 0 saturated carbocycles. The van der Waals surface area contributed by atoms with Gasteiger partial charge < -0.3 is 14.9 Å². The van der Waals surface area contributed by atoms with Gasteiger partial charge in [-0.2, -0.15) is 13.2 Å². The molecule has 1 rings (SSSR count). The highest BCUT2D eigenvalue weighted by atomic mass is 35.5. The quantitative estimate of drug-likeness (QED) is 0.757. The number of methoxy groups -OCH3 is 1. The van der Waals surface area contributed by atoms with Crippen molar-refractivity contribution in [1.29, 1.82) is 0 Å². The summed E-state index contributed by atoms with van der Waals surface area (Å²) in [5.41, 5.74) is -4.67. The Kier molecular flexibility index (Phi) is 6.16. The molecule has 1 aromatic carbocycles. The lowest BCUT2D eigenvalue weighted by molar-refractivity contribution is -0.266. The molecule has 0 aliphatic carbocycles. The van der Waals surface area contributed by atoms with Crippen LogP contribution < -0.4 is 4.74 Å². The number of carboxylic acid groups (broad SMARTS) is 1. The predicted octanol–water partition coefficient (Wildman–Crippen LogP) is 4.17. The average molecular weight is 369 g/mol. The number of aliphatic carboxylic acids is 1. The Morgan fingerprint density at radius 3 is 2.33 bits per heavy atom. The van der Waals surface area contributed by atoms with Gasteiger partial charge in [-0.1, -0.05) is 37.9 Å². The standard InChI is InChI=1S/C16H20ClF3O4/c1-4-7-14(2,9-15(23,13(21)22)16(18,19)20)10-5-6-11(17)12(8-10)24-3/h5-6,8,23H,4,7,9H2,1-3H3,(H,21,22). The van der Waals surface area contributed by atoms with Gasteiger partial charge in [0.15, 0.2) is 0 Å². The van der Waals surface area contributed by atoms with Crippen LogP contribution in [0.3, 0.4) is 0 Å². The minimum absolute atomic E-state index is 0.240. The van der Waals surface area contributed by atoms with Crippen LogP contribution in [0.2, 0.25) is 5.02 Å². The first-order valence-electron chi connectivity index (χ1n) is 7.28. The summed E-state index contributed by atoms with van der Waals surface area (Å²) in [6.45, 7) is 3.25. The third-order valence-electron chi connectivity index (χ3n) is 4.12. The van der Waals surface area contributed by atoms with Crippen LogP contribution in [-0.4, -0.2) is 35.1 Å². The zero-order chi connectivity index (χ0) is 18.8. The fraction of sp³-hybridized carbons (Fsp3) is 0.562. The lowest BCUT2D eigenvalue weighted by Crippen LogP contribution is -2.55. The number of carboxylic acids is 1. The number of hydrogen-bond donors (Lipinski definition) is 2. The van der Waals surface area contributed by atoms with Gasteiger partial charge >= 0.3 is 12.1 Å². The minimum Gasteiger partial charge on any atom is -0.495 e. The minimum atomic E-state index is -5.30. The molecule has 0 heterocycles. The SMILES string of the molecule is CCCC(C)(CC(O)(C(=O)O)C(F)(F)F)c1ccc(Cl)c(OC)c1. The van der Waals surface area contributed by atoms with Crippen molar-refractivity contribution in [2.45, 2.75) is 50.3 Å². The topological polar surface area (TPSA) is 66.8 Å². The number of rotatable bonds is 7. The van der Waals surface area contributed by atoms with Gasteiger partial charge in [0.25, 0.3) is 5.60 Å². The Morgan fingerprint density at radius 1 is 1.33 bits per heavy atom. The second-order valence-electron chi connectivity index (χ2n) is 6.00. The van der Waals surface area contributed by atoms with Gasteiger partial charge in [0.05, 0.1) is 12.1 Å². The number of aliphatic hydroxyl groups is 1. The second-order valence-corrected chi connectivity index (χ2v) is 6.41. The fourth-order valence-corrected chi connectivity index (χ4v) is 2.98. The van der Waals surface area contributed by atoms with E-state index in [-0.39, 0.29) is 17.2 Å². The summed E-state index contributed by atoms with van der Waals surface area (Å²) >= 11 is 5.93. The Balaban J connectivity index is 3.42. The molecule has 136 valence electrons. The van der Waals surface area contributed by atoms with Gasteiger partial charge in [-0.3, -0.25) is 0 Å². The van der Waals surface area contributed by atoms with Crippen LogP contribution in [0.1, 0.15) is 38.7 Å². The van der Waals surface area contributed by atoms with E-state index in [4.69, 9.17) is 21.4 Å². The van der Waals surface area contributed by atoms with Crippen molar-refractivity contribution in [2.24, 2.45) is 0 Å². The number of hydrogen-bond acceptors (Lipinski definition) is 3. The molecule has 0 spiro atoms. The predicted molar refractivity (Wildman–Crippen MR) is 83.5 cm³/mol. The van der Waals surface area contributed by atoms with Crippen LogP contribution >= 0.6 is 11.6 Å². The normalized spacial score (nSPS) is 17.0. The summed E-state index contributed by atoms with van der Waals surface area (Å²) in [5, 5.41) is 19.1. The van der Waals surface area contributed by atoms with Gasteiger partial charge in [0.1, 0.15) is 5.75 Å². The third-order valence-corrected chi connectivity index (χ3v) is 4.43. The number of alkyl halides is 3. The first-order chi connectivity index (χ1) is 10.9. The molecule has 2 atom stereocenters. The van der Waals surface area contributed by atoms with Crippen LogP contribution in [0.4, 0.5) is 13.2 Å². The molecule has 4 nitrogen and oxygen atoms in total. The zero-order valence-electron chi connectivity index (χ0n) is 13.6. The first-order valence-corrected chi connectivity index (χ1v) is 7.65. The Labute approximate surface area is 143 Å². The van der Waals surface area contributed by atoms with E-state index in [1.54, 1.807) is 6.92 Å². The lowest BCUT2D eigenvalue weighted by atomic mass is 9.70. The monoisotopic (exact) mass is 368 g/mol. The van der Waals surface area contributed by atoms with E-state index in [9.17, 15) is 23.1 Å². The number of halogens is 4. The molecule has 0 bridgehead atoms. The van der Waals surface area contributed by atoms with Crippen LogP contribution in [0.25, 0.3) is 0 Å². The highest BCUT2D eigenvalue weighted by Crippen LogP contribution is 2.44. The van der Waals surface area contributed by atoms with Gasteiger partial charge in [0.2, 0.25) is 0 Å². The van der Waals surface area contributed by atoms with E-state index >= 15 is 0 Å². The number of benzene rings is 1. The smallest absolute Gasteiger partial charge is 0.428 e. The van der Waals surface area contributed by atoms with Crippen molar-refractivity contribution >= 4 is 17.6 Å². The molecule has 0 fully saturated rings. The van der Waals surface area contributed by atoms with Crippen LogP contribution in [0.5, 0.6) is 5.75 Å². The molecule has 0 amide bonds. The molecule has 0 aliphatic heterocycles. The van der Waals surface area contributed by atoms with Crippen molar-refractivity contribution in [1.82, 2.24) is 0 Å². The zero-order valence-corrected chi connectivity index (χ0v) is 14.3. The molecule has 8 heteroatoms. The Morgan fingerprint density at radius 2 is 1.92 bits per heavy atom. The number of ether oxygens (including phenoxy) is 1. The van der Waals surface area contributed by atoms with E-state index in [1.165, 1.54) is 32.2 Å². The molecular formula is C16H20ClF3O4. The van der Waals surface area contributed by atoms with E-state index in [0.717, 1.165) is 0 Å². The summed E-state index contributed by atoms with van der Waals surface area (Å²) in [5.74, 6) is -2.05. The lowest BCUT2D eigenvalue weighted by Gasteiger charge is -2.37. The molecule has 0 saturated heterocycles. The van der Waals surface area contributed by atoms with Crippen LogP contribution in [0, 0.1) is 0 Å². The molecule has 2 unspecified atom stereocenters. The maximum atomic E-state index is 13.2. The average Bonchev–Trinajstić information content (AvgIpc) is 2.46. The molecular weight excluding hydrogens is 349 g/mol. The molecule has 0 radical (unpaired) electrons. The van der Waals surface area contributed by atoms with Crippen molar-refractivity contribution in [3.05, 3.63) is 28.8 Å². The molecule has 0 aliphatic rings. The maximum absolute atomic E-state index is 13.2. The number of carbonyl (C=O) groups is 1. The van der Waals surface area contributed by atoms with Gasteiger partial charge in [0, 0.05) is 6.42 Å². The third kappa shape index (κ3) is 3.95. The first kappa shape index (κ1) is 20.6. The summed E-state index contributed by atoms with van der Waals surface area (Å²) < 4.78 is 44.6. The fourth-order valence-electron chi connectivity index (χ4n) is 2.78. The highest BCUT2D eigenvalue weighted by Gasteiger charge is 2.62. The van der Waals surface area contributed by atoms with E-state index in [0.29, 0.717) is 12.0 Å². The van der Waals surface area contributed by atoms with Gasteiger partial charge in [-0.15, -0.1) is 0 Å². The maximum Gasteiger partial charge on any atom is 0.428 e.